The fraction of sp³-hybridized carbons (Fsp3) is 0.250. The molecular weight excluding hydrogens is 328 g/mol. The van der Waals surface area contributed by atoms with Crippen molar-refractivity contribution in [3.8, 4) is 0 Å². The molecule has 0 atom stereocenters. The summed E-state index contributed by atoms with van der Waals surface area (Å²) in [7, 11) is 0. The van der Waals surface area contributed by atoms with Gasteiger partial charge in [0.2, 0.25) is 5.91 Å². The summed E-state index contributed by atoms with van der Waals surface area (Å²) in [5.74, 6) is 0.491. The number of para-hydroxylation sites is 2. The lowest BCUT2D eigenvalue weighted by molar-refractivity contribution is -0.116. The maximum Gasteiger partial charge on any atom is 0.252 e. The van der Waals surface area contributed by atoms with E-state index in [0.29, 0.717) is 30.0 Å². The molecule has 126 valence electrons. The molecule has 8 heteroatoms. The lowest BCUT2D eigenvalue weighted by Crippen LogP contribution is -2.15. The number of carbonyl (C=O) groups excluding carboxylic acids is 1. The minimum atomic E-state index is -0.0830. The van der Waals surface area contributed by atoms with Crippen LogP contribution in [0.15, 0.2) is 30.6 Å². The van der Waals surface area contributed by atoms with E-state index < -0.39 is 0 Å². The van der Waals surface area contributed by atoms with E-state index in [0.717, 1.165) is 17.0 Å². The highest BCUT2D eigenvalue weighted by molar-refractivity contribution is 5.93. The van der Waals surface area contributed by atoms with Crippen LogP contribution in [-0.2, 0) is 11.2 Å². The Labute approximate surface area is 145 Å². The molecule has 3 N–H and O–H groups in total. The molecule has 0 fully saturated rings. The van der Waals surface area contributed by atoms with Gasteiger partial charge in [-0.25, -0.2) is 9.50 Å². The summed E-state index contributed by atoms with van der Waals surface area (Å²) in [5, 5.41) is 6.98. The van der Waals surface area contributed by atoms with E-state index >= 15 is 0 Å². The zero-order valence-corrected chi connectivity index (χ0v) is 14.3. The molecule has 2 aromatic heterocycles. The van der Waals surface area contributed by atoms with Gasteiger partial charge < -0.3 is 11.1 Å². The van der Waals surface area contributed by atoms with E-state index in [1.54, 1.807) is 16.6 Å². The van der Waals surface area contributed by atoms with Crippen LogP contribution in [0.2, 0.25) is 0 Å². The number of nitrogens with zero attached hydrogens (tertiary/aromatic N) is 4. The lowest BCUT2D eigenvalue weighted by Gasteiger charge is -2.11. The highest BCUT2D eigenvalue weighted by Gasteiger charge is 2.13. The zero-order valence-electron chi connectivity index (χ0n) is 13.5. The maximum atomic E-state index is 12.2. The predicted octanol–water partition coefficient (Wildman–Crippen LogP) is 2.32. The molecule has 0 saturated heterocycles. The Bertz CT molecular complexity index is 876. The largest absolute Gasteiger partial charge is 0.397 e. The average molecular weight is 347 g/mol. The molecule has 0 aliphatic rings. The normalized spacial score (nSPS) is 10.4. The van der Waals surface area contributed by atoms with E-state index in [4.69, 9.17) is 5.73 Å². The Balaban J connectivity index is 0.00000208. The first-order valence-electron chi connectivity index (χ1n) is 7.36. The van der Waals surface area contributed by atoms with Crippen LogP contribution in [-0.4, -0.2) is 25.5 Å². The molecular formula is C16H19ClN6O. The third-order valence-corrected chi connectivity index (χ3v) is 3.83. The van der Waals surface area contributed by atoms with Crippen LogP contribution in [0.3, 0.4) is 0 Å². The molecule has 24 heavy (non-hydrogen) atoms. The first kappa shape index (κ1) is 17.7. The average Bonchev–Trinajstić information content (AvgIpc) is 2.98. The fourth-order valence-corrected chi connectivity index (χ4v) is 2.58. The molecule has 3 rings (SSSR count). The number of carbonyl (C=O) groups is 1. The molecule has 7 nitrogen and oxygen atoms in total. The molecule has 2 heterocycles. The second kappa shape index (κ2) is 7.27. The molecule has 0 radical (unpaired) electrons. The molecule has 0 spiro atoms. The van der Waals surface area contributed by atoms with Crippen molar-refractivity contribution in [3.05, 3.63) is 47.5 Å². The highest BCUT2D eigenvalue weighted by atomic mass is 35.5. The second-order valence-electron chi connectivity index (χ2n) is 5.37. The minimum absolute atomic E-state index is 0. The summed E-state index contributed by atoms with van der Waals surface area (Å²) in [6.07, 6.45) is 2.40. The molecule has 0 aliphatic carbocycles. The van der Waals surface area contributed by atoms with Gasteiger partial charge in [0, 0.05) is 17.8 Å². The summed E-state index contributed by atoms with van der Waals surface area (Å²) < 4.78 is 1.69. The Hall–Kier alpha value is -2.67. The van der Waals surface area contributed by atoms with E-state index in [9.17, 15) is 4.79 Å². The van der Waals surface area contributed by atoms with Crippen LogP contribution in [0.5, 0.6) is 0 Å². The van der Waals surface area contributed by atoms with Crippen molar-refractivity contribution in [2.45, 2.75) is 26.7 Å². The van der Waals surface area contributed by atoms with Crippen molar-refractivity contribution in [2.75, 3.05) is 11.1 Å². The fourth-order valence-electron chi connectivity index (χ4n) is 2.58. The van der Waals surface area contributed by atoms with Crippen molar-refractivity contribution in [1.29, 1.82) is 0 Å². The number of rotatable bonds is 4. The number of aromatic nitrogens is 4. The predicted molar refractivity (Wildman–Crippen MR) is 95.3 cm³/mol. The topological polar surface area (TPSA) is 98.2 Å². The van der Waals surface area contributed by atoms with Crippen molar-refractivity contribution in [3.63, 3.8) is 0 Å². The molecule has 1 amide bonds. The molecule has 1 aromatic carbocycles. The minimum Gasteiger partial charge on any atom is -0.397 e. The third kappa shape index (κ3) is 3.46. The molecule has 3 aromatic rings. The number of aryl methyl sites for hydroxylation is 2. The number of nitrogens with one attached hydrogen (secondary N) is 1. The maximum absolute atomic E-state index is 12.2. The summed E-state index contributed by atoms with van der Waals surface area (Å²) in [6.45, 7) is 3.88. The van der Waals surface area contributed by atoms with Gasteiger partial charge >= 0.3 is 0 Å². The van der Waals surface area contributed by atoms with Gasteiger partial charge in [0.15, 0.2) is 0 Å². The van der Waals surface area contributed by atoms with E-state index in [-0.39, 0.29) is 18.3 Å². The van der Waals surface area contributed by atoms with Crippen LogP contribution in [0.4, 0.5) is 11.4 Å². The Morgan fingerprint density at radius 1 is 1.29 bits per heavy atom. The van der Waals surface area contributed by atoms with Gasteiger partial charge in [0.25, 0.3) is 5.78 Å². The molecule has 0 bridgehead atoms. The monoisotopic (exact) mass is 346 g/mol. The lowest BCUT2D eigenvalue weighted by atomic mass is 10.1. The van der Waals surface area contributed by atoms with Crippen LogP contribution in [0, 0.1) is 13.8 Å². The summed E-state index contributed by atoms with van der Waals surface area (Å²) >= 11 is 0. The van der Waals surface area contributed by atoms with Crippen molar-refractivity contribution < 1.29 is 4.79 Å². The highest BCUT2D eigenvalue weighted by Crippen LogP contribution is 2.18. The van der Waals surface area contributed by atoms with Crippen LogP contribution >= 0.6 is 12.4 Å². The van der Waals surface area contributed by atoms with Gasteiger partial charge in [0.1, 0.15) is 6.33 Å². The SMILES string of the molecule is Cc1nc2ncnn2c(C)c1CCC(=O)Nc1ccccc1N.Cl. The third-order valence-electron chi connectivity index (χ3n) is 3.83. The Kier molecular flexibility index (Phi) is 5.35. The number of fused-ring (bicyclic) bond motifs is 1. The van der Waals surface area contributed by atoms with Gasteiger partial charge in [-0.05, 0) is 38.0 Å². The number of hydrogen-bond donors (Lipinski definition) is 2. The number of amides is 1. The number of anilines is 2. The van der Waals surface area contributed by atoms with E-state index in [1.165, 1.54) is 6.33 Å². The van der Waals surface area contributed by atoms with E-state index in [1.807, 2.05) is 26.0 Å². The number of nitrogen functional groups attached to an aromatic ring is 1. The number of halogens is 1. The van der Waals surface area contributed by atoms with Gasteiger partial charge in [-0.3, -0.25) is 4.79 Å². The zero-order chi connectivity index (χ0) is 16.4. The van der Waals surface area contributed by atoms with E-state index in [2.05, 4.69) is 20.4 Å². The second-order valence-corrected chi connectivity index (χ2v) is 5.37. The van der Waals surface area contributed by atoms with Crippen LogP contribution < -0.4 is 11.1 Å². The Morgan fingerprint density at radius 2 is 2.04 bits per heavy atom. The van der Waals surface area contributed by atoms with Gasteiger partial charge in [-0.1, -0.05) is 12.1 Å². The number of benzene rings is 1. The van der Waals surface area contributed by atoms with Crippen LogP contribution in [0.25, 0.3) is 5.78 Å². The van der Waals surface area contributed by atoms with Gasteiger partial charge in [-0.2, -0.15) is 10.1 Å². The van der Waals surface area contributed by atoms with Gasteiger partial charge in [0.05, 0.1) is 11.4 Å². The number of nitrogens with two attached hydrogens (primary N) is 1. The summed E-state index contributed by atoms with van der Waals surface area (Å²) in [4.78, 5) is 20.7. The Morgan fingerprint density at radius 3 is 2.79 bits per heavy atom. The molecule has 0 unspecified atom stereocenters. The molecule has 0 saturated carbocycles. The van der Waals surface area contributed by atoms with Crippen LogP contribution in [0.1, 0.15) is 23.4 Å². The molecule has 0 aliphatic heterocycles. The summed E-state index contributed by atoms with van der Waals surface area (Å²) in [5.41, 5.74) is 9.86. The van der Waals surface area contributed by atoms with Crippen molar-refractivity contribution in [1.82, 2.24) is 19.6 Å². The van der Waals surface area contributed by atoms with Gasteiger partial charge in [-0.15, -0.1) is 12.4 Å². The van der Waals surface area contributed by atoms with Crippen molar-refractivity contribution >= 4 is 35.5 Å². The van der Waals surface area contributed by atoms with Crippen molar-refractivity contribution in [2.24, 2.45) is 0 Å². The summed E-state index contributed by atoms with van der Waals surface area (Å²) in [6, 6.07) is 7.21. The smallest absolute Gasteiger partial charge is 0.252 e. The number of hydrogen-bond acceptors (Lipinski definition) is 5. The first-order valence-corrected chi connectivity index (χ1v) is 7.36. The standard InChI is InChI=1S/C16H18N6O.ClH/c1-10-12(11(2)22-16(20-10)18-9-19-22)7-8-15(23)21-14-6-4-3-5-13(14)17;/h3-6,9H,7-8,17H2,1-2H3,(H,21,23);1H. The quantitative estimate of drug-likeness (QED) is 0.706. The first-order chi connectivity index (χ1) is 11.1.